The molecule has 1 aliphatic rings. The minimum absolute atomic E-state index is 0.567. The Balaban J connectivity index is 2.03. The van der Waals surface area contributed by atoms with Gasteiger partial charge in [-0.15, -0.1) is 0 Å². The molecule has 0 saturated carbocycles. The zero-order valence-corrected chi connectivity index (χ0v) is 10.6. The molecule has 0 radical (unpaired) electrons. The lowest BCUT2D eigenvalue weighted by Gasteiger charge is -2.25. The highest BCUT2D eigenvalue weighted by Crippen LogP contribution is 2.19. The smallest absolute Gasteiger partial charge is 0.0233 e. The van der Waals surface area contributed by atoms with Gasteiger partial charge in [-0.2, -0.15) is 0 Å². The summed E-state index contributed by atoms with van der Waals surface area (Å²) in [5.74, 6) is 0. The third kappa shape index (κ3) is 3.03. The second kappa shape index (κ2) is 5.10. The van der Waals surface area contributed by atoms with Crippen LogP contribution in [0.4, 0.5) is 0 Å². The van der Waals surface area contributed by atoms with Crippen molar-refractivity contribution in [2.45, 2.75) is 19.4 Å². The molecule has 0 spiro atoms. The molecule has 0 amide bonds. The van der Waals surface area contributed by atoms with Crippen LogP contribution in [0.2, 0.25) is 0 Å². The van der Waals surface area contributed by atoms with Crippen molar-refractivity contribution in [3.05, 3.63) is 33.8 Å². The second-order valence-electron chi connectivity index (χ2n) is 4.15. The molecule has 1 aromatic carbocycles. The van der Waals surface area contributed by atoms with Gasteiger partial charge in [0.1, 0.15) is 0 Å². The molecule has 1 atom stereocenters. The van der Waals surface area contributed by atoms with E-state index in [9.17, 15) is 0 Å². The van der Waals surface area contributed by atoms with Crippen LogP contribution in [0.3, 0.4) is 0 Å². The highest BCUT2D eigenvalue weighted by Gasteiger charge is 2.13. The van der Waals surface area contributed by atoms with Gasteiger partial charge >= 0.3 is 0 Å². The van der Waals surface area contributed by atoms with E-state index in [-0.39, 0.29) is 0 Å². The Morgan fingerprint density at radius 1 is 1.40 bits per heavy atom. The van der Waals surface area contributed by atoms with Gasteiger partial charge in [-0.05, 0) is 30.5 Å². The molecule has 0 aliphatic carbocycles. The average molecular weight is 269 g/mol. The number of halogens is 1. The Labute approximate surface area is 99.6 Å². The van der Waals surface area contributed by atoms with Crippen LogP contribution in [0, 0.1) is 6.92 Å². The van der Waals surface area contributed by atoms with Crippen molar-refractivity contribution >= 4 is 15.9 Å². The summed E-state index contributed by atoms with van der Waals surface area (Å²) in [4.78, 5) is 0. The lowest BCUT2D eigenvalue weighted by atomic mass is 10.0. The molecule has 82 valence electrons. The van der Waals surface area contributed by atoms with E-state index in [0.29, 0.717) is 6.04 Å². The van der Waals surface area contributed by atoms with Crippen molar-refractivity contribution in [3.63, 3.8) is 0 Å². The van der Waals surface area contributed by atoms with Crippen molar-refractivity contribution in [1.82, 2.24) is 10.6 Å². The lowest BCUT2D eigenvalue weighted by Crippen LogP contribution is -2.49. The Morgan fingerprint density at radius 2 is 2.27 bits per heavy atom. The van der Waals surface area contributed by atoms with Gasteiger partial charge in [-0.25, -0.2) is 0 Å². The second-order valence-corrected chi connectivity index (χ2v) is 5.01. The zero-order chi connectivity index (χ0) is 10.7. The Kier molecular flexibility index (Phi) is 3.78. The predicted octanol–water partition coefficient (Wildman–Crippen LogP) is 1.86. The monoisotopic (exact) mass is 268 g/mol. The molecule has 1 saturated heterocycles. The quantitative estimate of drug-likeness (QED) is 0.856. The van der Waals surface area contributed by atoms with Gasteiger partial charge in [-0.3, -0.25) is 0 Å². The van der Waals surface area contributed by atoms with E-state index in [0.717, 1.165) is 26.1 Å². The SMILES string of the molecule is Cc1ccc(CC2CNCCN2)c(Br)c1. The maximum atomic E-state index is 3.63. The molecule has 1 aromatic rings. The first-order valence-electron chi connectivity index (χ1n) is 5.45. The van der Waals surface area contributed by atoms with Crippen LogP contribution in [-0.2, 0) is 6.42 Å². The fourth-order valence-electron chi connectivity index (χ4n) is 1.94. The summed E-state index contributed by atoms with van der Waals surface area (Å²) in [6, 6.07) is 7.15. The van der Waals surface area contributed by atoms with Crippen LogP contribution >= 0.6 is 15.9 Å². The Morgan fingerprint density at radius 3 is 2.93 bits per heavy atom. The molecule has 2 rings (SSSR count). The predicted molar refractivity (Wildman–Crippen MR) is 67.2 cm³/mol. The van der Waals surface area contributed by atoms with Gasteiger partial charge in [0.2, 0.25) is 0 Å². The molecule has 1 heterocycles. The van der Waals surface area contributed by atoms with Crippen LogP contribution in [0.15, 0.2) is 22.7 Å². The van der Waals surface area contributed by atoms with Crippen molar-refractivity contribution in [1.29, 1.82) is 0 Å². The molecule has 3 heteroatoms. The van der Waals surface area contributed by atoms with E-state index in [1.807, 2.05) is 0 Å². The topological polar surface area (TPSA) is 24.1 Å². The van der Waals surface area contributed by atoms with E-state index in [1.165, 1.54) is 15.6 Å². The van der Waals surface area contributed by atoms with E-state index in [4.69, 9.17) is 0 Å². The van der Waals surface area contributed by atoms with Crippen LogP contribution in [0.25, 0.3) is 0 Å². The van der Waals surface area contributed by atoms with Crippen molar-refractivity contribution in [2.75, 3.05) is 19.6 Å². The van der Waals surface area contributed by atoms with Gasteiger partial charge in [0.15, 0.2) is 0 Å². The van der Waals surface area contributed by atoms with Gasteiger partial charge < -0.3 is 10.6 Å². The van der Waals surface area contributed by atoms with E-state index >= 15 is 0 Å². The molecule has 1 aliphatic heterocycles. The summed E-state index contributed by atoms with van der Waals surface area (Å²) in [6.07, 6.45) is 1.09. The fourth-order valence-corrected chi connectivity index (χ4v) is 2.60. The number of piperazine rings is 1. The van der Waals surface area contributed by atoms with E-state index in [1.54, 1.807) is 0 Å². The molecular formula is C12H17BrN2. The first kappa shape index (κ1) is 11.1. The minimum Gasteiger partial charge on any atom is -0.314 e. The molecular weight excluding hydrogens is 252 g/mol. The molecule has 15 heavy (non-hydrogen) atoms. The third-order valence-corrected chi connectivity index (χ3v) is 3.54. The first-order valence-corrected chi connectivity index (χ1v) is 6.24. The number of rotatable bonds is 2. The average Bonchev–Trinajstić information content (AvgIpc) is 2.24. The number of aryl methyl sites for hydroxylation is 1. The van der Waals surface area contributed by atoms with Gasteiger partial charge in [0.25, 0.3) is 0 Å². The van der Waals surface area contributed by atoms with Gasteiger partial charge in [-0.1, -0.05) is 28.1 Å². The normalized spacial score (nSPS) is 21.6. The number of hydrogen-bond acceptors (Lipinski definition) is 2. The molecule has 2 N–H and O–H groups in total. The van der Waals surface area contributed by atoms with Crippen LogP contribution in [0.1, 0.15) is 11.1 Å². The summed E-state index contributed by atoms with van der Waals surface area (Å²) in [6.45, 7) is 5.36. The van der Waals surface area contributed by atoms with Gasteiger partial charge in [0.05, 0.1) is 0 Å². The summed E-state index contributed by atoms with van der Waals surface area (Å²) in [7, 11) is 0. The zero-order valence-electron chi connectivity index (χ0n) is 9.02. The fraction of sp³-hybridized carbons (Fsp3) is 0.500. The highest BCUT2D eigenvalue weighted by molar-refractivity contribution is 9.10. The maximum Gasteiger partial charge on any atom is 0.0233 e. The minimum atomic E-state index is 0.567. The molecule has 0 aromatic heterocycles. The lowest BCUT2D eigenvalue weighted by molar-refractivity contribution is 0.416. The third-order valence-electron chi connectivity index (χ3n) is 2.80. The number of nitrogens with one attached hydrogen (secondary N) is 2. The van der Waals surface area contributed by atoms with Crippen LogP contribution in [-0.4, -0.2) is 25.7 Å². The number of hydrogen-bond donors (Lipinski definition) is 2. The van der Waals surface area contributed by atoms with Crippen molar-refractivity contribution in [3.8, 4) is 0 Å². The first-order chi connectivity index (χ1) is 7.25. The highest BCUT2D eigenvalue weighted by atomic mass is 79.9. The summed E-state index contributed by atoms with van der Waals surface area (Å²) in [5.41, 5.74) is 2.70. The van der Waals surface area contributed by atoms with Crippen LogP contribution in [0.5, 0.6) is 0 Å². The molecule has 2 nitrogen and oxygen atoms in total. The van der Waals surface area contributed by atoms with Gasteiger partial charge in [0, 0.05) is 30.1 Å². The Bertz CT molecular complexity index is 332. The van der Waals surface area contributed by atoms with Crippen molar-refractivity contribution in [2.24, 2.45) is 0 Å². The maximum absolute atomic E-state index is 3.63. The summed E-state index contributed by atoms with van der Waals surface area (Å²) in [5, 5.41) is 6.93. The largest absolute Gasteiger partial charge is 0.314 e. The van der Waals surface area contributed by atoms with Crippen molar-refractivity contribution < 1.29 is 0 Å². The summed E-state index contributed by atoms with van der Waals surface area (Å²) >= 11 is 3.63. The molecule has 1 fully saturated rings. The number of benzene rings is 1. The molecule has 1 unspecified atom stereocenters. The van der Waals surface area contributed by atoms with E-state index < -0.39 is 0 Å². The molecule has 0 bridgehead atoms. The van der Waals surface area contributed by atoms with Crippen LogP contribution < -0.4 is 10.6 Å². The van der Waals surface area contributed by atoms with E-state index in [2.05, 4.69) is 51.7 Å². The summed E-state index contributed by atoms with van der Waals surface area (Å²) < 4.78 is 1.23. The Hall–Kier alpha value is -0.380. The standard InChI is InChI=1S/C12H17BrN2/c1-9-2-3-10(12(13)6-9)7-11-8-14-4-5-15-11/h2-3,6,11,14-15H,4-5,7-8H2,1H3.